The van der Waals surface area contributed by atoms with E-state index in [0.29, 0.717) is 0 Å². The number of halogens is 1. The summed E-state index contributed by atoms with van der Waals surface area (Å²) in [6.45, 7) is 22.3. The van der Waals surface area contributed by atoms with Gasteiger partial charge in [0.1, 0.15) is 5.82 Å². The third kappa shape index (κ3) is 2.74. The maximum Gasteiger partial charge on any atom is 0.123 e. The smallest absolute Gasteiger partial charge is 0.123 e. The third-order valence-corrected chi connectivity index (χ3v) is 25.7. The van der Waals surface area contributed by atoms with Gasteiger partial charge in [0.15, 0.2) is 0 Å². The maximum atomic E-state index is 13.9. The Bertz CT molecular complexity index is 440. The van der Waals surface area contributed by atoms with E-state index in [0.717, 1.165) is 0 Å². The first-order chi connectivity index (χ1) is 8.75. The number of hydrogen-bond acceptors (Lipinski definition) is 0. The highest BCUT2D eigenvalue weighted by atomic mass is 28.5. The number of benzene rings is 1. The molecule has 0 fully saturated rings. The monoisotopic (exact) mass is 326 g/mol. The average Bonchev–Trinajstić information content (AvgIpc) is 2.10. The molecule has 20 heavy (non-hydrogen) atoms. The Labute approximate surface area is 127 Å². The van der Waals surface area contributed by atoms with Gasteiger partial charge in [-0.3, -0.25) is 0 Å². The van der Waals surface area contributed by atoms with Crippen LogP contribution in [0.3, 0.4) is 0 Å². The summed E-state index contributed by atoms with van der Waals surface area (Å²) in [6.07, 6.45) is 0. The second-order valence-electron chi connectivity index (χ2n) is 9.01. The lowest BCUT2D eigenvalue weighted by Crippen LogP contribution is -2.74. The fourth-order valence-corrected chi connectivity index (χ4v) is 35.5. The molecule has 0 nitrogen and oxygen atoms in total. The molecule has 0 atom stereocenters. The predicted octanol–water partition coefficient (Wildman–Crippen LogP) is 5.70. The van der Waals surface area contributed by atoms with E-state index in [4.69, 9.17) is 0 Å². The Balaban J connectivity index is 3.82. The van der Waals surface area contributed by atoms with Crippen LogP contribution >= 0.6 is 0 Å². The standard InChI is InChI=1S/C16H31FSi3/c1-18(2,3)16(19(4,5)6,20(7,8)9)14-11-10-12-15(17)13-14/h10-13H,1-9H3. The first-order valence-corrected chi connectivity index (χ1v) is 18.0. The first-order valence-electron chi connectivity index (χ1n) is 7.51. The molecule has 0 unspecified atom stereocenters. The highest BCUT2D eigenvalue weighted by Crippen LogP contribution is 2.49. The van der Waals surface area contributed by atoms with Crippen molar-refractivity contribution in [3.8, 4) is 0 Å². The van der Waals surface area contributed by atoms with Crippen molar-refractivity contribution in [2.75, 3.05) is 0 Å². The molecule has 0 saturated heterocycles. The predicted molar refractivity (Wildman–Crippen MR) is 98.1 cm³/mol. The van der Waals surface area contributed by atoms with Crippen LogP contribution in [0.2, 0.25) is 58.9 Å². The largest absolute Gasteiger partial charge is 0.207 e. The summed E-state index contributed by atoms with van der Waals surface area (Å²) in [5.41, 5.74) is 1.29. The summed E-state index contributed by atoms with van der Waals surface area (Å²) in [5.74, 6) is -0.0818. The fraction of sp³-hybridized carbons (Fsp3) is 0.625. The molecule has 0 aliphatic carbocycles. The normalized spacial score (nSPS) is 14.5. The van der Waals surface area contributed by atoms with Gasteiger partial charge in [0.25, 0.3) is 0 Å². The summed E-state index contributed by atoms with van der Waals surface area (Å²) in [6, 6.07) is 7.50. The molecule has 1 aromatic rings. The van der Waals surface area contributed by atoms with Crippen molar-refractivity contribution >= 4 is 24.2 Å². The van der Waals surface area contributed by atoms with E-state index < -0.39 is 24.2 Å². The zero-order valence-corrected chi connectivity index (χ0v) is 17.7. The molecule has 0 amide bonds. The SMILES string of the molecule is C[Si](C)(C)C(c1cccc(F)c1)([Si](C)(C)C)[Si](C)(C)C. The molecule has 0 bridgehead atoms. The van der Waals surface area contributed by atoms with E-state index in [9.17, 15) is 4.39 Å². The molecule has 0 aliphatic heterocycles. The molecule has 0 N–H and O–H groups in total. The van der Waals surface area contributed by atoms with Crippen LogP contribution in [0.1, 0.15) is 5.56 Å². The summed E-state index contributed by atoms with van der Waals surface area (Å²) in [7, 11) is -4.54. The Morgan fingerprint density at radius 2 is 1.15 bits per heavy atom. The summed E-state index contributed by atoms with van der Waals surface area (Å²) in [5, 5.41) is 0. The van der Waals surface area contributed by atoms with Crippen LogP contribution in [0.15, 0.2) is 24.3 Å². The van der Waals surface area contributed by atoms with Gasteiger partial charge in [0, 0.05) is 24.2 Å². The Kier molecular flexibility index (Phi) is 4.65. The minimum Gasteiger partial charge on any atom is -0.207 e. The summed E-state index contributed by atoms with van der Waals surface area (Å²) in [4.78, 5) is 0. The quantitative estimate of drug-likeness (QED) is 0.623. The molecule has 0 saturated carbocycles. The summed E-state index contributed by atoms with van der Waals surface area (Å²) >= 11 is 0. The van der Waals surface area contributed by atoms with E-state index in [1.165, 1.54) is 5.56 Å². The number of rotatable bonds is 4. The van der Waals surface area contributed by atoms with Gasteiger partial charge >= 0.3 is 0 Å². The molecule has 4 heteroatoms. The van der Waals surface area contributed by atoms with Crippen molar-refractivity contribution in [1.29, 1.82) is 0 Å². The second kappa shape index (κ2) is 5.21. The van der Waals surface area contributed by atoms with Crippen LogP contribution in [0.4, 0.5) is 4.39 Å². The van der Waals surface area contributed by atoms with E-state index in [1.54, 1.807) is 6.07 Å². The number of hydrogen-bond donors (Lipinski definition) is 0. The van der Waals surface area contributed by atoms with Gasteiger partial charge in [0.05, 0.1) is 0 Å². The molecule has 1 rings (SSSR count). The van der Waals surface area contributed by atoms with Crippen LogP contribution in [0, 0.1) is 5.82 Å². The molecule has 0 radical (unpaired) electrons. The molecule has 0 heterocycles. The van der Waals surface area contributed by atoms with Gasteiger partial charge in [-0.05, 0) is 22.0 Å². The van der Waals surface area contributed by atoms with E-state index in [-0.39, 0.29) is 10.1 Å². The van der Waals surface area contributed by atoms with E-state index in [2.05, 4.69) is 65.0 Å². The lowest BCUT2D eigenvalue weighted by atomic mass is 10.2. The van der Waals surface area contributed by atoms with Crippen molar-refractivity contribution < 1.29 is 4.39 Å². The molecule has 0 spiro atoms. The van der Waals surface area contributed by atoms with Crippen LogP contribution < -0.4 is 0 Å². The Hall–Kier alpha value is -0.199. The lowest BCUT2D eigenvalue weighted by molar-refractivity contribution is 0.625. The van der Waals surface area contributed by atoms with Crippen LogP contribution in [0.25, 0.3) is 0 Å². The van der Waals surface area contributed by atoms with Gasteiger partial charge < -0.3 is 0 Å². The highest BCUT2D eigenvalue weighted by molar-refractivity contribution is 7.14. The van der Waals surface area contributed by atoms with Crippen LogP contribution in [-0.4, -0.2) is 24.2 Å². The molecular weight excluding hydrogens is 295 g/mol. The molecule has 1 aromatic carbocycles. The van der Waals surface area contributed by atoms with E-state index >= 15 is 0 Å². The highest BCUT2D eigenvalue weighted by Gasteiger charge is 2.60. The van der Waals surface area contributed by atoms with Gasteiger partial charge in [0.2, 0.25) is 0 Å². The van der Waals surface area contributed by atoms with Gasteiger partial charge in [-0.15, -0.1) is 0 Å². The van der Waals surface area contributed by atoms with Crippen molar-refractivity contribution in [2.45, 2.75) is 63.2 Å². The van der Waals surface area contributed by atoms with Gasteiger partial charge in [-0.25, -0.2) is 4.39 Å². The zero-order chi connectivity index (χ0) is 16.0. The molecule has 114 valence electrons. The van der Waals surface area contributed by atoms with Gasteiger partial charge in [-0.2, -0.15) is 0 Å². The minimum atomic E-state index is -1.51. The first kappa shape index (κ1) is 17.9. The zero-order valence-electron chi connectivity index (χ0n) is 14.7. The van der Waals surface area contributed by atoms with Crippen LogP contribution in [0.5, 0.6) is 0 Å². The van der Waals surface area contributed by atoms with E-state index in [1.807, 2.05) is 12.1 Å². The van der Waals surface area contributed by atoms with Gasteiger partial charge in [-0.1, -0.05) is 71.1 Å². The molecular formula is C16H31FSi3. The van der Waals surface area contributed by atoms with Crippen molar-refractivity contribution in [3.05, 3.63) is 35.6 Å². The topological polar surface area (TPSA) is 0 Å². The lowest BCUT2D eigenvalue weighted by Gasteiger charge is -2.59. The van der Waals surface area contributed by atoms with Crippen molar-refractivity contribution in [3.63, 3.8) is 0 Å². The van der Waals surface area contributed by atoms with Crippen LogP contribution in [-0.2, 0) is 4.28 Å². The maximum absolute atomic E-state index is 13.9. The fourth-order valence-electron chi connectivity index (χ4n) is 5.40. The molecule has 0 aliphatic rings. The van der Waals surface area contributed by atoms with Crippen molar-refractivity contribution in [1.82, 2.24) is 0 Å². The second-order valence-corrected chi connectivity index (χ2v) is 26.3. The summed E-state index contributed by atoms with van der Waals surface area (Å²) < 4.78 is 14.2. The molecule has 0 aromatic heterocycles. The Morgan fingerprint density at radius 3 is 1.45 bits per heavy atom. The minimum absolute atomic E-state index is 0.0818. The van der Waals surface area contributed by atoms with Crippen molar-refractivity contribution in [2.24, 2.45) is 0 Å². The third-order valence-electron chi connectivity index (χ3n) is 4.63. The Morgan fingerprint density at radius 1 is 0.750 bits per heavy atom. The average molecular weight is 327 g/mol.